The van der Waals surface area contributed by atoms with Gasteiger partial charge in [0, 0.05) is 17.0 Å². The molecular formula is C14H11N5. The van der Waals surface area contributed by atoms with Crippen molar-refractivity contribution in [1.29, 1.82) is 5.41 Å². The lowest BCUT2D eigenvalue weighted by Crippen LogP contribution is -2.02. The van der Waals surface area contributed by atoms with Crippen molar-refractivity contribution >= 4 is 34.0 Å². The highest BCUT2D eigenvalue weighted by molar-refractivity contribution is 6.06. The van der Waals surface area contributed by atoms with Crippen LogP contribution in [0.25, 0.3) is 21.8 Å². The molecule has 0 aliphatic heterocycles. The van der Waals surface area contributed by atoms with Gasteiger partial charge in [0.15, 0.2) is 5.84 Å². The Bertz CT molecular complexity index is 807. The highest BCUT2D eigenvalue weighted by Crippen LogP contribution is 2.22. The van der Waals surface area contributed by atoms with Gasteiger partial charge < -0.3 is 5.73 Å². The standard InChI is InChI=1S/C14H11N5/c15-8-18-14(16)11-6-5-10-4-3-9-2-1-7-17-12(9)13(10)19-11/h1-8H,(H3,15,16,18). The molecule has 2 heterocycles. The summed E-state index contributed by atoms with van der Waals surface area (Å²) in [4.78, 5) is 12.6. The number of hydrogen-bond donors (Lipinski definition) is 2. The first-order valence-electron chi connectivity index (χ1n) is 5.77. The summed E-state index contributed by atoms with van der Waals surface area (Å²) < 4.78 is 0. The van der Waals surface area contributed by atoms with Gasteiger partial charge in [-0.2, -0.15) is 0 Å². The zero-order valence-corrected chi connectivity index (χ0v) is 10.0. The Balaban J connectivity index is 2.31. The lowest BCUT2D eigenvalue weighted by atomic mass is 10.1. The fraction of sp³-hybridized carbons (Fsp3) is 0. The van der Waals surface area contributed by atoms with Crippen LogP contribution in [0.4, 0.5) is 0 Å². The second-order valence-corrected chi connectivity index (χ2v) is 4.04. The van der Waals surface area contributed by atoms with E-state index >= 15 is 0 Å². The summed E-state index contributed by atoms with van der Waals surface area (Å²) in [7, 11) is 0. The van der Waals surface area contributed by atoms with Gasteiger partial charge >= 0.3 is 0 Å². The second-order valence-electron chi connectivity index (χ2n) is 4.04. The molecule has 0 saturated heterocycles. The molecule has 5 heteroatoms. The van der Waals surface area contributed by atoms with E-state index in [-0.39, 0.29) is 5.84 Å². The topological polar surface area (TPSA) is 88.0 Å². The van der Waals surface area contributed by atoms with Crippen LogP contribution in [-0.4, -0.2) is 22.1 Å². The summed E-state index contributed by atoms with van der Waals surface area (Å²) in [5.74, 6) is 0.0392. The lowest BCUT2D eigenvalue weighted by Gasteiger charge is -2.04. The average Bonchev–Trinajstić information content (AvgIpc) is 2.47. The van der Waals surface area contributed by atoms with E-state index in [0.717, 1.165) is 28.1 Å². The van der Waals surface area contributed by atoms with Gasteiger partial charge in [-0.15, -0.1) is 0 Å². The maximum absolute atomic E-state index is 7.75. The zero-order chi connectivity index (χ0) is 13.2. The van der Waals surface area contributed by atoms with Crippen molar-refractivity contribution in [1.82, 2.24) is 9.97 Å². The van der Waals surface area contributed by atoms with Crippen molar-refractivity contribution in [2.45, 2.75) is 0 Å². The molecule has 5 nitrogen and oxygen atoms in total. The van der Waals surface area contributed by atoms with Gasteiger partial charge in [-0.1, -0.05) is 24.3 Å². The molecular weight excluding hydrogens is 238 g/mol. The number of benzene rings is 1. The number of rotatable bonds is 1. The second kappa shape index (κ2) is 4.45. The molecule has 0 bridgehead atoms. The number of pyridine rings is 2. The molecule has 0 aliphatic rings. The first kappa shape index (κ1) is 11.3. The summed E-state index contributed by atoms with van der Waals surface area (Å²) in [5, 5.41) is 9.76. The number of nitrogens with one attached hydrogen (secondary N) is 1. The van der Waals surface area contributed by atoms with Crippen LogP contribution in [0.5, 0.6) is 0 Å². The number of fused-ring (bicyclic) bond motifs is 3. The SMILES string of the molecule is N=C(N=CN)c1ccc2ccc3cccnc3c2n1. The van der Waals surface area contributed by atoms with Crippen LogP contribution in [-0.2, 0) is 0 Å². The average molecular weight is 249 g/mol. The Labute approximate surface area is 109 Å². The Morgan fingerprint density at radius 3 is 2.63 bits per heavy atom. The van der Waals surface area contributed by atoms with Crippen LogP contribution >= 0.6 is 0 Å². The molecule has 0 fully saturated rings. The zero-order valence-electron chi connectivity index (χ0n) is 10.0. The van der Waals surface area contributed by atoms with Crippen molar-refractivity contribution in [2.24, 2.45) is 10.7 Å². The number of aliphatic imine (C=N–C) groups is 1. The van der Waals surface area contributed by atoms with E-state index in [0.29, 0.717) is 5.69 Å². The van der Waals surface area contributed by atoms with E-state index in [9.17, 15) is 0 Å². The molecule has 0 aliphatic carbocycles. The highest BCUT2D eigenvalue weighted by atomic mass is 14.9. The van der Waals surface area contributed by atoms with Crippen LogP contribution in [0.15, 0.2) is 47.6 Å². The minimum Gasteiger partial charge on any atom is -0.390 e. The maximum atomic E-state index is 7.75. The number of aromatic nitrogens is 2. The molecule has 2 aromatic heterocycles. The molecule has 3 N–H and O–H groups in total. The lowest BCUT2D eigenvalue weighted by molar-refractivity contribution is 1.30. The minimum atomic E-state index is 0.0392. The largest absolute Gasteiger partial charge is 0.390 e. The van der Waals surface area contributed by atoms with E-state index in [2.05, 4.69) is 15.0 Å². The van der Waals surface area contributed by atoms with E-state index < -0.39 is 0 Å². The van der Waals surface area contributed by atoms with E-state index in [1.165, 1.54) is 0 Å². The predicted molar refractivity (Wildman–Crippen MR) is 76.6 cm³/mol. The first-order valence-corrected chi connectivity index (χ1v) is 5.77. The summed E-state index contributed by atoms with van der Waals surface area (Å²) >= 11 is 0. The normalized spacial score (nSPS) is 11.4. The quantitative estimate of drug-likeness (QED) is 0.393. The molecule has 92 valence electrons. The molecule has 3 aromatic rings. The van der Waals surface area contributed by atoms with Crippen molar-refractivity contribution in [3.05, 3.63) is 48.3 Å². The monoisotopic (exact) mass is 249 g/mol. The Kier molecular flexibility index (Phi) is 2.64. The summed E-state index contributed by atoms with van der Waals surface area (Å²) in [6, 6.07) is 11.5. The fourth-order valence-electron chi connectivity index (χ4n) is 2.00. The maximum Gasteiger partial charge on any atom is 0.172 e. The molecule has 19 heavy (non-hydrogen) atoms. The molecule has 0 atom stereocenters. The van der Waals surface area contributed by atoms with Crippen LogP contribution in [0, 0.1) is 5.41 Å². The first-order chi connectivity index (χ1) is 9.29. The van der Waals surface area contributed by atoms with Crippen molar-refractivity contribution in [3.8, 4) is 0 Å². The van der Waals surface area contributed by atoms with Gasteiger partial charge in [0.2, 0.25) is 0 Å². The van der Waals surface area contributed by atoms with Crippen LogP contribution < -0.4 is 5.73 Å². The Morgan fingerprint density at radius 2 is 1.84 bits per heavy atom. The van der Waals surface area contributed by atoms with Gasteiger partial charge in [0.25, 0.3) is 0 Å². The van der Waals surface area contributed by atoms with Gasteiger partial charge in [0.05, 0.1) is 17.4 Å². The van der Waals surface area contributed by atoms with Crippen molar-refractivity contribution in [3.63, 3.8) is 0 Å². The number of nitrogens with two attached hydrogens (primary N) is 1. The summed E-state index contributed by atoms with van der Waals surface area (Å²) in [6.07, 6.45) is 2.83. The minimum absolute atomic E-state index is 0.0392. The third kappa shape index (κ3) is 1.91. The highest BCUT2D eigenvalue weighted by Gasteiger charge is 2.06. The van der Waals surface area contributed by atoms with Crippen molar-refractivity contribution in [2.75, 3.05) is 0 Å². The van der Waals surface area contributed by atoms with E-state index in [1.807, 2.05) is 30.3 Å². The third-order valence-electron chi connectivity index (χ3n) is 2.88. The van der Waals surface area contributed by atoms with E-state index in [4.69, 9.17) is 11.1 Å². The smallest absolute Gasteiger partial charge is 0.172 e. The number of nitrogens with zero attached hydrogens (tertiary/aromatic N) is 3. The van der Waals surface area contributed by atoms with Crippen LogP contribution in [0.2, 0.25) is 0 Å². The summed E-state index contributed by atoms with van der Waals surface area (Å²) in [5.41, 5.74) is 7.27. The van der Waals surface area contributed by atoms with E-state index in [1.54, 1.807) is 12.3 Å². The Morgan fingerprint density at radius 1 is 1.11 bits per heavy atom. The summed E-state index contributed by atoms with van der Waals surface area (Å²) in [6.45, 7) is 0. The fourth-order valence-corrected chi connectivity index (χ4v) is 2.00. The third-order valence-corrected chi connectivity index (χ3v) is 2.88. The molecule has 0 amide bonds. The van der Waals surface area contributed by atoms with Crippen LogP contribution in [0.3, 0.4) is 0 Å². The molecule has 0 saturated carbocycles. The van der Waals surface area contributed by atoms with Gasteiger partial charge in [0.1, 0.15) is 5.69 Å². The predicted octanol–water partition coefficient (Wildman–Crippen LogP) is 2.10. The molecule has 0 spiro atoms. The Hall–Kier alpha value is -2.82. The van der Waals surface area contributed by atoms with Gasteiger partial charge in [-0.05, 0) is 12.1 Å². The van der Waals surface area contributed by atoms with Gasteiger partial charge in [-0.25, -0.2) is 9.98 Å². The van der Waals surface area contributed by atoms with Crippen LogP contribution in [0.1, 0.15) is 5.69 Å². The molecule has 3 rings (SSSR count). The molecule has 0 radical (unpaired) electrons. The van der Waals surface area contributed by atoms with Gasteiger partial charge in [-0.3, -0.25) is 10.4 Å². The number of amidine groups is 1. The molecule has 1 aromatic carbocycles. The number of hydrogen-bond acceptors (Lipinski definition) is 3. The van der Waals surface area contributed by atoms with Crippen molar-refractivity contribution < 1.29 is 0 Å². The molecule has 0 unspecified atom stereocenters.